The van der Waals surface area contributed by atoms with Gasteiger partial charge in [-0.1, -0.05) is 32.0 Å². The van der Waals surface area contributed by atoms with Gasteiger partial charge in [0.1, 0.15) is 23.2 Å². The predicted octanol–water partition coefficient (Wildman–Crippen LogP) is 4.16. The van der Waals surface area contributed by atoms with E-state index in [0.29, 0.717) is 70.0 Å². The summed E-state index contributed by atoms with van der Waals surface area (Å²) in [5.74, 6) is -1.05. The van der Waals surface area contributed by atoms with Gasteiger partial charge in [-0.2, -0.15) is 0 Å². The van der Waals surface area contributed by atoms with Crippen molar-refractivity contribution in [1.29, 1.82) is 0 Å². The monoisotopic (exact) mass is 563 g/mol. The van der Waals surface area contributed by atoms with Crippen LogP contribution in [-0.4, -0.2) is 37.7 Å². The van der Waals surface area contributed by atoms with Crippen LogP contribution < -0.4 is 5.32 Å². The zero-order valence-electron chi connectivity index (χ0n) is 22.3. The quantitative estimate of drug-likeness (QED) is 0.247. The van der Waals surface area contributed by atoms with Gasteiger partial charge >= 0.3 is 5.97 Å². The molecule has 40 heavy (non-hydrogen) atoms. The SMILES string of the molecule is CC[C@@]1(O)C(=O)OCc2c1cc1n(c2=S)Cc2c-1nc1cc(F)c(C)c3c1c2[C@@H](NC(=O)[C@H](O)CC1CC1)CC3. The number of halogens is 1. The third kappa shape index (κ3) is 3.62. The number of carbonyl (C=O) groups excluding carboxylic acids is 2. The highest BCUT2D eigenvalue weighted by Crippen LogP contribution is 2.47. The Kier molecular flexibility index (Phi) is 5.72. The van der Waals surface area contributed by atoms with Gasteiger partial charge in [-0.05, 0) is 61.3 Å². The number of aryl methyl sites for hydroxylation is 1. The van der Waals surface area contributed by atoms with Gasteiger partial charge in [-0.25, -0.2) is 14.2 Å². The molecule has 3 aromatic rings. The van der Waals surface area contributed by atoms with E-state index in [9.17, 15) is 19.8 Å². The smallest absolute Gasteiger partial charge is 0.343 e. The molecule has 0 spiro atoms. The molecule has 7 rings (SSSR count). The minimum absolute atomic E-state index is 0.0275. The molecule has 1 amide bonds. The summed E-state index contributed by atoms with van der Waals surface area (Å²) < 4.78 is 22.7. The number of ether oxygens (including phenoxy) is 1. The van der Waals surface area contributed by atoms with Gasteiger partial charge in [0.05, 0.1) is 29.5 Å². The molecule has 0 saturated heterocycles. The van der Waals surface area contributed by atoms with Crippen LogP contribution in [0.3, 0.4) is 0 Å². The largest absolute Gasteiger partial charge is 0.458 e. The summed E-state index contributed by atoms with van der Waals surface area (Å²) in [5.41, 5.74) is 4.05. The molecule has 208 valence electrons. The number of amides is 1. The van der Waals surface area contributed by atoms with Gasteiger partial charge in [-0.15, -0.1) is 0 Å². The average molecular weight is 564 g/mol. The van der Waals surface area contributed by atoms with E-state index >= 15 is 4.39 Å². The van der Waals surface area contributed by atoms with E-state index < -0.39 is 29.6 Å². The Morgan fingerprint density at radius 1 is 1.30 bits per heavy atom. The van der Waals surface area contributed by atoms with Gasteiger partial charge in [-0.3, -0.25) is 4.79 Å². The summed E-state index contributed by atoms with van der Waals surface area (Å²) in [5, 5.41) is 25.8. The molecule has 0 radical (unpaired) electrons. The number of benzene rings is 1. The first-order chi connectivity index (χ1) is 19.1. The highest BCUT2D eigenvalue weighted by molar-refractivity contribution is 7.71. The number of aliphatic hydroxyl groups is 2. The summed E-state index contributed by atoms with van der Waals surface area (Å²) in [4.78, 5) is 30.6. The van der Waals surface area contributed by atoms with Crippen molar-refractivity contribution < 1.29 is 28.9 Å². The lowest BCUT2D eigenvalue weighted by Crippen LogP contribution is -2.41. The standard InChI is InChI=1S/C30H30FN3O5S/c1-3-30(38)18-9-22-26-16(11-34(22)28(40)17(18)12-39-29(30)37)25-20(33-27(36)23(35)8-14-4-5-14)7-6-15-13(2)19(31)10-21(32-26)24(15)25/h9-10,14,20,23,35,38H,3-8,11-12H2,1-2H3,(H,33,36)/t20-,23+,30-/m0/s1. The maximum absolute atomic E-state index is 15.1. The lowest BCUT2D eigenvalue weighted by Gasteiger charge is -2.32. The van der Waals surface area contributed by atoms with E-state index in [1.54, 1.807) is 19.9 Å². The molecular weight excluding hydrogens is 533 g/mol. The molecular formula is C30H30FN3O5S. The Morgan fingerprint density at radius 2 is 2.08 bits per heavy atom. The number of cyclic esters (lactones) is 1. The van der Waals surface area contributed by atoms with Crippen LogP contribution >= 0.6 is 12.2 Å². The van der Waals surface area contributed by atoms with Crippen molar-refractivity contribution in [1.82, 2.24) is 14.9 Å². The Hall–Kier alpha value is -3.21. The fraction of sp³-hybridized carbons (Fsp3) is 0.467. The van der Waals surface area contributed by atoms with E-state index in [4.69, 9.17) is 21.9 Å². The van der Waals surface area contributed by atoms with Crippen LogP contribution in [0.25, 0.3) is 22.3 Å². The summed E-state index contributed by atoms with van der Waals surface area (Å²) in [6.07, 6.45) is 2.70. The highest BCUT2D eigenvalue weighted by atomic mass is 32.1. The van der Waals surface area contributed by atoms with Crippen molar-refractivity contribution in [3.05, 3.63) is 56.0 Å². The van der Waals surface area contributed by atoms with Crippen molar-refractivity contribution >= 4 is 35.0 Å². The molecule has 2 aliphatic heterocycles. The number of esters is 1. The highest BCUT2D eigenvalue weighted by Gasteiger charge is 2.45. The van der Waals surface area contributed by atoms with E-state index in [1.165, 1.54) is 6.07 Å². The van der Waals surface area contributed by atoms with Crippen molar-refractivity contribution in [2.24, 2.45) is 5.92 Å². The second-order valence-electron chi connectivity index (χ2n) is 11.6. The number of aliphatic hydroxyl groups excluding tert-OH is 1. The van der Waals surface area contributed by atoms with Crippen LogP contribution in [0.5, 0.6) is 0 Å². The lowest BCUT2D eigenvalue weighted by molar-refractivity contribution is -0.172. The number of pyridine rings is 2. The molecule has 2 aliphatic carbocycles. The number of rotatable bonds is 5. The number of nitrogens with zero attached hydrogens (tertiary/aromatic N) is 2. The number of aromatic nitrogens is 2. The van der Waals surface area contributed by atoms with E-state index in [2.05, 4.69) is 5.32 Å². The van der Waals surface area contributed by atoms with Gasteiger partial charge in [0.25, 0.3) is 0 Å². The molecule has 3 atom stereocenters. The number of fused-ring (bicyclic) bond motifs is 5. The number of nitrogens with one attached hydrogen (secondary N) is 1. The van der Waals surface area contributed by atoms with E-state index in [-0.39, 0.29) is 18.8 Å². The Morgan fingerprint density at radius 3 is 2.80 bits per heavy atom. The summed E-state index contributed by atoms with van der Waals surface area (Å²) in [6.45, 7) is 3.82. The Bertz CT molecular complexity index is 1710. The Balaban J connectivity index is 1.42. The van der Waals surface area contributed by atoms with Crippen LogP contribution in [0, 0.1) is 23.3 Å². The molecule has 0 bridgehead atoms. The molecule has 4 aliphatic rings. The molecule has 2 aromatic heterocycles. The van der Waals surface area contributed by atoms with Crippen LogP contribution in [0.4, 0.5) is 4.39 Å². The summed E-state index contributed by atoms with van der Waals surface area (Å²) in [6, 6.07) is 2.79. The van der Waals surface area contributed by atoms with E-state index in [0.717, 1.165) is 34.9 Å². The fourth-order valence-corrected chi connectivity index (χ4v) is 7.08. The molecule has 1 aromatic carbocycles. The van der Waals surface area contributed by atoms with Gasteiger partial charge < -0.3 is 24.8 Å². The molecule has 1 fully saturated rings. The predicted molar refractivity (Wildman–Crippen MR) is 146 cm³/mol. The normalized spacial score (nSPS) is 23.3. The topological polar surface area (TPSA) is 114 Å². The number of hydrogen-bond acceptors (Lipinski definition) is 7. The zero-order chi connectivity index (χ0) is 28.1. The molecule has 10 heteroatoms. The zero-order valence-corrected chi connectivity index (χ0v) is 23.2. The average Bonchev–Trinajstić information content (AvgIpc) is 3.68. The Labute approximate surface area is 235 Å². The van der Waals surface area contributed by atoms with Crippen LogP contribution in [-0.2, 0) is 39.5 Å². The molecule has 1 saturated carbocycles. The molecule has 3 N–H and O–H groups in total. The maximum Gasteiger partial charge on any atom is 0.343 e. The molecule has 8 nitrogen and oxygen atoms in total. The third-order valence-electron chi connectivity index (χ3n) is 9.25. The van der Waals surface area contributed by atoms with Gasteiger partial charge in [0.15, 0.2) is 5.60 Å². The van der Waals surface area contributed by atoms with Crippen molar-refractivity contribution in [2.75, 3.05) is 0 Å². The van der Waals surface area contributed by atoms with Crippen molar-refractivity contribution in [3.63, 3.8) is 0 Å². The number of carbonyl (C=O) groups is 2. The van der Waals surface area contributed by atoms with E-state index in [1.807, 2.05) is 4.57 Å². The van der Waals surface area contributed by atoms with Gasteiger partial charge in [0, 0.05) is 28.1 Å². The van der Waals surface area contributed by atoms with Crippen LogP contribution in [0.15, 0.2) is 12.1 Å². The molecule has 4 heterocycles. The van der Waals surface area contributed by atoms with Crippen LogP contribution in [0.2, 0.25) is 0 Å². The first-order valence-electron chi connectivity index (χ1n) is 13.9. The van der Waals surface area contributed by atoms with Crippen LogP contribution in [0.1, 0.15) is 78.5 Å². The maximum atomic E-state index is 15.1. The first-order valence-corrected chi connectivity index (χ1v) is 14.3. The first kappa shape index (κ1) is 25.7. The summed E-state index contributed by atoms with van der Waals surface area (Å²) >= 11 is 5.86. The third-order valence-corrected chi connectivity index (χ3v) is 9.72. The number of hydrogen-bond donors (Lipinski definition) is 3. The molecule has 0 unspecified atom stereocenters. The fourth-order valence-electron chi connectivity index (χ4n) is 6.74. The second-order valence-corrected chi connectivity index (χ2v) is 12.0. The van der Waals surface area contributed by atoms with Crippen molar-refractivity contribution in [3.8, 4) is 11.4 Å². The minimum atomic E-state index is -1.82. The minimum Gasteiger partial charge on any atom is -0.458 e. The van der Waals surface area contributed by atoms with Gasteiger partial charge in [0.2, 0.25) is 5.91 Å². The second kappa shape index (κ2) is 8.89. The summed E-state index contributed by atoms with van der Waals surface area (Å²) in [7, 11) is 0. The van der Waals surface area contributed by atoms with Crippen molar-refractivity contribution in [2.45, 2.75) is 83.3 Å². The lowest BCUT2D eigenvalue weighted by atomic mass is 9.81.